The molecule has 0 saturated carbocycles. The number of nitrogens with zero attached hydrogens (tertiary/aromatic N) is 10. The molecular formula is C90H52N10. The van der Waals surface area contributed by atoms with Crippen LogP contribution in [0.15, 0.2) is 273 Å². The van der Waals surface area contributed by atoms with Crippen LogP contribution in [-0.2, 0) is 6.42 Å². The lowest BCUT2D eigenvalue weighted by Crippen LogP contribution is -2.08. The molecular weight excluding hydrogens is 1220 g/mol. The fourth-order valence-corrected chi connectivity index (χ4v) is 15.9. The minimum Gasteiger partial charge on any atom is -0.333 e. The lowest BCUT2D eigenvalue weighted by molar-refractivity contribution is 0.650. The van der Waals surface area contributed by atoms with Gasteiger partial charge in [0.05, 0.1) is 115 Å². The number of benzene rings is 12. The van der Waals surface area contributed by atoms with E-state index in [1.165, 1.54) is 21.8 Å². The second kappa shape index (κ2) is 23.3. The van der Waals surface area contributed by atoms with Gasteiger partial charge in [0.1, 0.15) is 0 Å². The molecule has 10 heteroatoms. The van der Waals surface area contributed by atoms with E-state index in [0.29, 0.717) is 33.4 Å². The van der Waals surface area contributed by atoms with Crippen molar-refractivity contribution in [2.45, 2.75) is 25.3 Å². The molecule has 16 aromatic rings. The first-order chi connectivity index (χ1) is 49.3. The highest BCUT2D eigenvalue weighted by Crippen LogP contribution is 2.47. The van der Waals surface area contributed by atoms with Crippen molar-refractivity contribution in [3.8, 4) is 86.9 Å². The Morgan fingerprint density at radius 3 is 1.56 bits per heavy atom. The molecule has 2 aliphatic rings. The van der Waals surface area contributed by atoms with E-state index in [4.69, 9.17) is 0 Å². The summed E-state index contributed by atoms with van der Waals surface area (Å²) < 4.78 is 9.20. The SMILES string of the molecule is N#Cc1cc(-c2cccc(-n3c4c(c5ccccc53)C(c3ccc5c6cc(C#N)ccc6n(-c6cc(C#N)ccc6-c6cc(C7=CC(n8c9ccccc9c9ccccc98)CC=C7)ccc6C#N)c5c3)=CCC4)c2)cc(-c2ccc(C#N)cc2-n2c3ccccc3c3cc(C#N)ccc32)c1. The number of hydrogen-bond acceptors (Lipinski definition) is 6. The van der Waals surface area contributed by atoms with Gasteiger partial charge in [-0.25, -0.2) is 0 Å². The second-order valence-corrected chi connectivity index (χ2v) is 25.7. The van der Waals surface area contributed by atoms with Gasteiger partial charge < -0.3 is 18.3 Å². The first-order valence-corrected chi connectivity index (χ1v) is 33.2. The zero-order valence-electron chi connectivity index (χ0n) is 53.7. The van der Waals surface area contributed by atoms with E-state index < -0.39 is 0 Å². The fraction of sp³-hybridized carbons (Fsp3) is 0.0444. The van der Waals surface area contributed by atoms with Crippen molar-refractivity contribution in [1.82, 2.24) is 18.3 Å². The third-order valence-electron chi connectivity index (χ3n) is 20.3. The Hall–Kier alpha value is -14.3. The first kappa shape index (κ1) is 58.3. The first-order valence-electron chi connectivity index (χ1n) is 33.2. The highest BCUT2D eigenvalue weighted by molar-refractivity contribution is 6.13. The molecule has 0 bridgehead atoms. The molecule has 0 spiro atoms. The molecule has 0 saturated heterocycles. The Morgan fingerprint density at radius 1 is 0.340 bits per heavy atom. The van der Waals surface area contributed by atoms with Crippen LogP contribution in [0, 0.1) is 68.0 Å². The Kier molecular flexibility index (Phi) is 13.6. The van der Waals surface area contributed by atoms with Gasteiger partial charge in [0.15, 0.2) is 0 Å². The van der Waals surface area contributed by atoms with Gasteiger partial charge in [-0.2, -0.15) is 31.6 Å². The van der Waals surface area contributed by atoms with E-state index in [0.717, 1.165) is 158 Å². The molecule has 0 aliphatic heterocycles. The van der Waals surface area contributed by atoms with E-state index in [9.17, 15) is 31.6 Å². The van der Waals surface area contributed by atoms with E-state index >= 15 is 0 Å². The molecule has 462 valence electrons. The van der Waals surface area contributed by atoms with Crippen molar-refractivity contribution in [2.24, 2.45) is 0 Å². The van der Waals surface area contributed by atoms with Crippen LogP contribution in [0.4, 0.5) is 0 Å². The summed E-state index contributed by atoms with van der Waals surface area (Å²) in [5, 5.41) is 70.4. The lowest BCUT2D eigenvalue weighted by Gasteiger charge is -2.22. The number of nitriles is 6. The topological polar surface area (TPSA) is 162 Å². The summed E-state index contributed by atoms with van der Waals surface area (Å²) in [4.78, 5) is 0. The molecule has 4 aromatic heterocycles. The molecule has 0 N–H and O–H groups in total. The predicted molar refractivity (Wildman–Crippen MR) is 399 cm³/mol. The molecule has 12 aromatic carbocycles. The minimum atomic E-state index is 0.0345. The Bertz CT molecular complexity index is 6610. The fourth-order valence-electron chi connectivity index (χ4n) is 15.9. The monoisotopic (exact) mass is 1270 g/mol. The standard InChI is InChI=1S/C90H52N10/c91-49-55-28-36-84-78(40-55)73-18-3-7-23-82(73)99(84)87-42-57(51-93)26-33-69(87)66-39-59(53-95)38-65(44-66)61-13-10-15-68(46-61)98-83-24-8-4-19-76(83)90-70(20-11-25-86(90)98)63-32-35-75-79-41-56(50-92)29-37-85(79)100(89(75)48-63)88-43-58(52-94)27-34-74(88)77-47-62(30-31-64(77)54-96)60-12-9-14-67(45-60)97-80-21-5-1-16-71(80)72-17-2-6-22-81(72)97/h1-10,12-13,15-24,26-48,67H,11,14,25H2. The number of allylic oxidation sites excluding steroid dienone is 5. The molecule has 1 unspecified atom stereocenters. The summed E-state index contributed by atoms with van der Waals surface area (Å²) in [5.41, 5.74) is 23.7. The summed E-state index contributed by atoms with van der Waals surface area (Å²) in [5.74, 6) is 0. The van der Waals surface area contributed by atoms with Crippen LogP contribution in [0.5, 0.6) is 0 Å². The van der Waals surface area contributed by atoms with Crippen LogP contribution < -0.4 is 0 Å². The number of fused-ring (bicyclic) bond motifs is 12. The molecule has 10 nitrogen and oxygen atoms in total. The smallest absolute Gasteiger partial charge is 0.0998 e. The van der Waals surface area contributed by atoms with Gasteiger partial charge in [-0.05, 0) is 192 Å². The van der Waals surface area contributed by atoms with E-state index in [1.807, 2.05) is 109 Å². The van der Waals surface area contributed by atoms with Crippen LogP contribution in [0.3, 0.4) is 0 Å². The van der Waals surface area contributed by atoms with Crippen LogP contribution >= 0.6 is 0 Å². The molecule has 18 rings (SSSR count). The summed E-state index contributed by atoms with van der Waals surface area (Å²) >= 11 is 0. The molecule has 0 radical (unpaired) electrons. The van der Waals surface area contributed by atoms with Crippen molar-refractivity contribution >= 4 is 87.5 Å². The van der Waals surface area contributed by atoms with E-state index in [2.05, 4.69) is 219 Å². The van der Waals surface area contributed by atoms with Crippen molar-refractivity contribution in [3.05, 3.63) is 329 Å². The third kappa shape index (κ3) is 9.19. The van der Waals surface area contributed by atoms with Crippen molar-refractivity contribution < 1.29 is 0 Å². The predicted octanol–water partition coefficient (Wildman–Crippen LogP) is 21.1. The van der Waals surface area contributed by atoms with Gasteiger partial charge in [0.2, 0.25) is 0 Å². The van der Waals surface area contributed by atoms with Gasteiger partial charge in [-0.1, -0.05) is 140 Å². The van der Waals surface area contributed by atoms with Gasteiger partial charge in [-0.15, -0.1) is 0 Å². The molecule has 2 aliphatic carbocycles. The van der Waals surface area contributed by atoms with Crippen LogP contribution in [-0.4, -0.2) is 18.3 Å². The van der Waals surface area contributed by atoms with Gasteiger partial charge >= 0.3 is 0 Å². The minimum absolute atomic E-state index is 0.0345. The van der Waals surface area contributed by atoms with Crippen molar-refractivity contribution in [3.63, 3.8) is 0 Å². The maximum Gasteiger partial charge on any atom is 0.0998 e. The van der Waals surface area contributed by atoms with Gasteiger partial charge in [-0.3, -0.25) is 0 Å². The maximum absolute atomic E-state index is 11.0. The molecule has 1 atom stereocenters. The molecule has 0 amide bonds. The van der Waals surface area contributed by atoms with Crippen LogP contribution in [0.2, 0.25) is 0 Å². The Morgan fingerprint density at radius 2 is 0.890 bits per heavy atom. The molecule has 0 fully saturated rings. The van der Waals surface area contributed by atoms with Crippen LogP contribution in [0.25, 0.3) is 138 Å². The van der Waals surface area contributed by atoms with E-state index in [1.54, 1.807) is 0 Å². The van der Waals surface area contributed by atoms with E-state index in [-0.39, 0.29) is 6.04 Å². The van der Waals surface area contributed by atoms with Gasteiger partial charge in [0, 0.05) is 82.4 Å². The zero-order chi connectivity index (χ0) is 67.3. The number of rotatable bonds is 9. The zero-order valence-corrected chi connectivity index (χ0v) is 53.7. The Balaban J connectivity index is 0.756. The number of para-hydroxylation sites is 4. The molecule has 100 heavy (non-hydrogen) atoms. The average molecular weight is 1270 g/mol. The van der Waals surface area contributed by atoms with Gasteiger partial charge in [0.25, 0.3) is 0 Å². The summed E-state index contributed by atoms with van der Waals surface area (Å²) in [7, 11) is 0. The highest BCUT2D eigenvalue weighted by atomic mass is 15.0. The lowest BCUT2D eigenvalue weighted by atomic mass is 9.88. The summed E-state index contributed by atoms with van der Waals surface area (Å²) in [6.45, 7) is 0. The number of aromatic nitrogens is 4. The molecule has 4 heterocycles. The van der Waals surface area contributed by atoms with Crippen LogP contribution in [0.1, 0.15) is 74.6 Å². The highest BCUT2D eigenvalue weighted by Gasteiger charge is 2.28. The maximum atomic E-state index is 11.0. The normalized spacial score (nSPS) is 13.4. The largest absolute Gasteiger partial charge is 0.333 e. The quantitative estimate of drug-likeness (QED) is 0.140. The number of hydrogen-bond donors (Lipinski definition) is 0. The summed E-state index contributed by atoms with van der Waals surface area (Å²) in [6, 6.07) is 98.4. The Labute approximate surface area is 574 Å². The van der Waals surface area contributed by atoms with Crippen molar-refractivity contribution in [2.75, 3.05) is 0 Å². The second-order valence-electron chi connectivity index (χ2n) is 25.7. The third-order valence-corrected chi connectivity index (χ3v) is 20.3. The summed E-state index contributed by atoms with van der Waals surface area (Å²) in [6.07, 6.45) is 11.5. The average Bonchev–Trinajstić information content (AvgIpc) is 1.57. The van der Waals surface area contributed by atoms with Crippen molar-refractivity contribution in [1.29, 1.82) is 31.6 Å².